The van der Waals surface area contributed by atoms with E-state index in [1.165, 1.54) is 12.1 Å². The summed E-state index contributed by atoms with van der Waals surface area (Å²) in [7, 11) is 0. The van der Waals surface area contributed by atoms with Gasteiger partial charge in [-0.15, -0.1) is 0 Å². The maximum atomic E-state index is 13.6. The summed E-state index contributed by atoms with van der Waals surface area (Å²) in [5.41, 5.74) is 2.21. The Morgan fingerprint density at radius 3 is 2.68 bits per heavy atom. The summed E-state index contributed by atoms with van der Waals surface area (Å²) in [4.78, 5) is 4.39. The highest BCUT2D eigenvalue weighted by Gasteiger charge is 2.22. The van der Waals surface area contributed by atoms with Crippen molar-refractivity contribution in [1.82, 2.24) is 4.98 Å². The number of allylic oxidation sites excluding steroid dienone is 1. The molecule has 1 aliphatic heterocycles. The molecule has 1 fully saturated rings. The second kappa shape index (κ2) is 8.56. The van der Waals surface area contributed by atoms with Crippen LogP contribution in [0.3, 0.4) is 0 Å². The van der Waals surface area contributed by atoms with Crippen LogP contribution in [0.15, 0.2) is 48.7 Å². The zero-order valence-electron chi connectivity index (χ0n) is 14.1. The molecule has 5 heteroatoms. The molecule has 0 aliphatic carbocycles. The molecule has 0 unspecified atom stereocenters. The van der Waals surface area contributed by atoms with Crippen LogP contribution in [0.5, 0.6) is 0 Å². The van der Waals surface area contributed by atoms with E-state index in [2.05, 4.69) is 24.1 Å². The van der Waals surface area contributed by atoms with Crippen molar-refractivity contribution in [1.29, 1.82) is 0 Å². The number of hydrogen-bond donors (Lipinski definition) is 0. The third-order valence-corrected chi connectivity index (χ3v) is 4.37. The van der Waals surface area contributed by atoms with Gasteiger partial charge in [-0.2, -0.15) is 0 Å². The monoisotopic (exact) mass is 361 g/mol. The molecule has 0 saturated carbocycles. The van der Waals surface area contributed by atoms with Crippen molar-refractivity contribution in [2.24, 2.45) is 5.92 Å². The minimum absolute atomic E-state index is 0.104. The average molecular weight is 362 g/mol. The van der Waals surface area contributed by atoms with E-state index in [4.69, 9.17) is 21.1 Å². The number of nitrogens with zero attached hydrogens (tertiary/aromatic N) is 1. The molecule has 1 aromatic heterocycles. The highest BCUT2D eigenvalue weighted by atomic mass is 35.5. The normalized spacial score (nSPS) is 20.9. The van der Waals surface area contributed by atoms with Gasteiger partial charge in [0.15, 0.2) is 6.29 Å². The molecule has 3 nitrogen and oxygen atoms in total. The van der Waals surface area contributed by atoms with Gasteiger partial charge in [-0.25, -0.2) is 4.39 Å². The summed E-state index contributed by atoms with van der Waals surface area (Å²) in [6.45, 7) is 3.42. The number of ether oxygens (including phenoxy) is 2. The Hall–Kier alpha value is -1.75. The van der Waals surface area contributed by atoms with E-state index in [0.29, 0.717) is 30.4 Å². The molecule has 0 atom stereocenters. The average Bonchev–Trinajstić information content (AvgIpc) is 2.65. The number of rotatable bonds is 5. The minimum atomic E-state index is -0.453. The van der Waals surface area contributed by atoms with Gasteiger partial charge in [0.05, 0.1) is 23.9 Å². The SMILES string of the molecule is CCC/C=C/[C@H]1CO[C@H](c2ccc(-c3ccc(Cl)c(F)c3)nc2)OC1. The van der Waals surface area contributed by atoms with Gasteiger partial charge < -0.3 is 9.47 Å². The summed E-state index contributed by atoms with van der Waals surface area (Å²) in [6, 6.07) is 8.38. The first-order valence-electron chi connectivity index (χ1n) is 8.48. The molecule has 25 heavy (non-hydrogen) atoms. The van der Waals surface area contributed by atoms with Crippen molar-refractivity contribution in [2.75, 3.05) is 13.2 Å². The Morgan fingerprint density at radius 1 is 1.24 bits per heavy atom. The predicted octanol–water partition coefficient (Wildman–Crippen LogP) is 5.56. The van der Waals surface area contributed by atoms with E-state index in [1.54, 1.807) is 12.3 Å². The molecule has 0 bridgehead atoms. The van der Waals surface area contributed by atoms with Gasteiger partial charge in [-0.3, -0.25) is 4.98 Å². The molecule has 0 spiro atoms. The van der Waals surface area contributed by atoms with Crippen molar-refractivity contribution < 1.29 is 13.9 Å². The number of halogens is 2. The largest absolute Gasteiger partial charge is 0.348 e. The lowest BCUT2D eigenvalue weighted by Crippen LogP contribution is -2.25. The Bertz CT molecular complexity index is 725. The zero-order chi connectivity index (χ0) is 17.6. The second-order valence-corrected chi connectivity index (χ2v) is 6.49. The maximum Gasteiger partial charge on any atom is 0.185 e. The third-order valence-electron chi connectivity index (χ3n) is 4.06. The molecule has 0 radical (unpaired) electrons. The number of pyridine rings is 1. The molecule has 0 amide bonds. The predicted molar refractivity (Wildman–Crippen MR) is 96.8 cm³/mol. The van der Waals surface area contributed by atoms with Gasteiger partial charge in [0.25, 0.3) is 0 Å². The molecule has 0 N–H and O–H groups in total. The van der Waals surface area contributed by atoms with E-state index >= 15 is 0 Å². The van der Waals surface area contributed by atoms with Gasteiger partial charge in [0.1, 0.15) is 5.82 Å². The van der Waals surface area contributed by atoms with Crippen LogP contribution in [0.1, 0.15) is 31.6 Å². The summed E-state index contributed by atoms with van der Waals surface area (Å²) >= 11 is 5.71. The molecular formula is C20H21ClFNO2. The van der Waals surface area contributed by atoms with Crippen LogP contribution in [-0.4, -0.2) is 18.2 Å². The Balaban J connectivity index is 1.62. The van der Waals surface area contributed by atoms with Gasteiger partial charge >= 0.3 is 0 Å². The molecule has 2 aromatic rings. The van der Waals surface area contributed by atoms with Crippen LogP contribution in [0.25, 0.3) is 11.3 Å². The highest BCUT2D eigenvalue weighted by Crippen LogP contribution is 2.28. The third kappa shape index (κ3) is 4.66. The fourth-order valence-electron chi connectivity index (χ4n) is 2.65. The number of unbranched alkanes of at least 4 members (excludes halogenated alkanes) is 1. The van der Waals surface area contributed by atoms with Crippen molar-refractivity contribution in [3.05, 3.63) is 65.1 Å². The van der Waals surface area contributed by atoms with Gasteiger partial charge in [-0.1, -0.05) is 49.2 Å². The van der Waals surface area contributed by atoms with Crippen molar-refractivity contribution in [2.45, 2.75) is 26.1 Å². The van der Waals surface area contributed by atoms with E-state index in [0.717, 1.165) is 18.4 Å². The Labute approximate surface area is 152 Å². The highest BCUT2D eigenvalue weighted by molar-refractivity contribution is 6.30. The minimum Gasteiger partial charge on any atom is -0.348 e. The van der Waals surface area contributed by atoms with E-state index in [9.17, 15) is 4.39 Å². The van der Waals surface area contributed by atoms with Crippen LogP contribution >= 0.6 is 11.6 Å². The van der Waals surface area contributed by atoms with Crippen LogP contribution in [0.4, 0.5) is 4.39 Å². The number of aromatic nitrogens is 1. The standard InChI is InChI=1S/C20H21ClFNO2/c1-2-3-4-5-14-12-24-20(25-13-14)16-7-9-19(23-11-16)15-6-8-17(21)18(22)10-15/h4-11,14,20H,2-3,12-13H2,1H3/b5-4+/t14-,20-. The lowest BCUT2D eigenvalue weighted by molar-refractivity contribution is -0.197. The Kier molecular flexibility index (Phi) is 6.19. The quantitative estimate of drug-likeness (QED) is 0.653. The van der Waals surface area contributed by atoms with E-state index in [1.807, 2.05) is 12.1 Å². The first kappa shape index (κ1) is 18.1. The van der Waals surface area contributed by atoms with Crippen molar-refractivity contribution in [3.8, 4) is 11.3 Å². The van der Waals surface area contributed by atoms with Gasteiger partial charge in [-0.05, 0) is 24.6 Å². The van der Waals surface area contributed by atoms with Crippen molar-refractivity contribution >= 4 is 11.6 Å². The summed E-state index contributed by atoms with van der Waals surface area (Å²) in [5.74, 6) is -0.154. The summed E-state index contributed by atoms with van der Waals surface area (Å²) in [6.07, 6.45) is 7.87. The zero-order valence-corrected chi connectivity index (χ0v) is 14.9. The fourth-order valence-corrected chi connectivity index (χ4v) is 2.77. The van der Waals surface area contributed by atoms with Crippen LogP contribution in [0, 0.1) is 11.7 Å². The van der Waals surface area contributed by atoms with Gasteiger partial charge in [0, 0.05) is 23.2 Å². The van der Waals surface area contributed by atoms with Crippen LogP contribution < -0.4 is 0 Å². The first-order chi connectivity index (χ1) is 12.2. The fraction of sp³-hybridized carbons (Fsp3) is 0.350. The van der Waals surface area contributed by atoms with Crippen LogP contribution in [-0.2, 0) is 9.47 Å². The number of hydrogen-bond acceptors (Lipinski definition) is 3. The number of benzene rings is 1. The van der Waals surface area contributed by atoms with E-state index < -0.39 is 12.1 Å². The lowest BCUT2D eigenvalue weighted by atomic mass is 10.1. The molecule has 1 saturated heterocycles. The summed E-state index contributed by atoms with van der Waals surface area (Å²) in [5, 5.41) is 0.104. The molecule has 132 valence electrons. The molecule has 2 heterocycles. The first-order valence-corrected chi connectivity index (χ1v) is 8.86. The topological polar surface area (TPSA) is 31.4 Å². The molecule has 1 aromatic carbocycles. The van der Waals surface area contributed by atoms with Crippen molar-refractivity contribution in [3.63, 3.8) is 0 Å². The summed E-state index contributed by atoms with van der Waals surface area (Å²) < 4.78 is 25.2. The van der Waals surface area contributed by atoms with E-state index in [-0.39, 0.29) is 5.02 Å². The van der Waals surface area contributed by atoms with Gasteiger partial charge in [0.2, 0.25) is 0 Å². The molecule has 1 aliphatic rings. The molecule has 3 rings (SSSR count). The maximum absolute atomic E-state index is 13.6. The Morgan fingerprint density at radius 2 is 2.04 bits per heavy atom. The second-order valence-electron chi connectivity index (χ2n) is 6.08. The smallest absolute Gasteiger partial charge is 0.185 e. The molecular weight excluding hydrogens is 341 g/mol. The lowest BCUT2D eigenvalue weighted by Gasteiger charge is -2.28. The van der Waals surface area contributed by atoms with Crippen LogP contribution in [0.2, 0.25) is 5.02 Å².